The largest absolute Gasteiger partial charge is 1.00 e. The number of ether oxygens (including phenoxy) is 4. The van der Waals surface area contributed by atoms with Crippen LogP contribution in [0, 0.1) is 0 Å². The fraction of sp³-hybridized carbons (Fsp3) is 0.622. The first-order valence-corrected chi connectivity index (χ1v) is 17.0. The molecular formula is C37H52Br2N2O6. The highest BCUT2D eigenvalue weighted by molar-refractivity contribution is 5.72. The van der Waals surface area contributed by atoms with Gasteiger partial charge in [0.05, 0.1) is 52.5 Å². The number of esters is 2. The Bertz CT molecular complexity index is 1210. The molecule has 4 aliphatic rings. The second kappa shape index (κ2) is 16.0. The molecule has 6 rings (SSSR count). The van der Waals surface area contributed by atoms with Crippen LogP contribution >= 0.6 is 0 Å². The number of hydrogen-bond donors (Lipinski definition) is 0. The Hall–Kier alpha value is -2.14. The zero-order valence-electron chi connectivity index (χ0n) is 28.4. The van der Waals surface area contributed by atoms with Gasteiger partial charge in [0, 0.05) is 75.3 Å². The minimum absolute atomic E-state index is 0. The van der Waals surface area contributed by atoms with E-state index >= 15 is 0 Å². The average molecular weight is 781 g/mol. The van der Waals surface area contributed by atoms with Crippen LogP contribution in [0.15, 0.2) is 48.5 Å². The third-order valence-corrected chi connectivity index (χ3v) is 11.9. The molecule has 0 saturated carbocycles. The van der Waals surface area contributed by atoms with E-state index in [1.54, 1.807) is 14.2 Å². The number of nitrogens with zero attached hydrogens (tertiary/aromatic N) is 2. The Morgan fingerprint density at radius 1 is 0.596 bits per heavy atom. The summed E-state index contributed by atoms with van der Waals surface area (Å²) in [7, 11) is 8.13. The molecule has 260 valence electrons. The molecule has 2 aromatic carbocycles. The van der Waals surface area contributed by atoms with Crippen molar-refractivity contribution in [3.8, 4) is 11.5 Å². The number of fused-ring (bicyclic) bond motifs is 4. The fourth-order valence-electron chi connectivity index (χ4n) is 9.21. The fourth-order valence-corrected chi connectivity index (χ4v) is 9.21. The number of hydrogen-bond acceptors (Lipinski definition) is 6. The van der Waals surface area contributed by atoms with Crippen LogP contribution in [0.4, 0.5) is 0 Å². The van der Waals surface area contributed by atoms with Crippen LogP contribution in [0.3, 0.4) is 0 Å². The predicted molar refractivity (Wildman–Crippen MR) is 171 cm³/mol. The molecule has 0 aliphatic carbocycles. The Kier molecular flexibility index (Phi) is 12.9. The van der Waals surface area contributed by atoms with Crippen molar-refractivity contribution in [1.29, 1.82) is 0 Å². The molecular weight excluding hydrogens is 728 g/mol. The second-order valence-electron chi connectivity index (χ2n) is 14.5. The summed E-state index contributed by atoms with van der Waals surface area (Å²) in [5.41, 5.74) is 2.64. The van der Waals surface area contributed by atoms with Gasteiger partial charge < -0.3 is 61.9 Å². The van der Waals surface area contributed by atoms with Gasteiger partial charge in [-0.2, -0.15) is 0 Å². The van der Waals surface area contributed by atoms with Crippen LogP contribution in [0.25, 0.3) is 0 Å². The van der Waals surface area contributed by atoms with Gasteiger partial charge in [0.15, 0.2) is 0 Å². The average Bonchev–Trinajstić information content (AvgIpc) is 3.26. The summed E-state index contributed by atoms with van der Waals surface area (Å²) in [6, 6.07) is 18.8. The minimum Gasteiger partial charge on any atom is -1.00 e. The van der Waals surface area contributed by atoms with E-state index in [1.807, 2.05) is 24.3 Å². The SMILES string of the molecule is COc1ccc(C[N+]2(C)[C@@H]3CC[C@H]2CC(OC(=O)CCCC(=O)OC2C[C@H]4CC[C@@H](C2)[N+]4(C)Cc2ccc(OC)cc2)C3)cc1.[Br-].[Br-]. The van der Waals surface area contributed by atoms with Crippen LogP contribution in [0.1, 0.15) is 81.8 Å². The molecule has 0 N–H and O–H groups in total. The van der Waals surface area contributed by atoms with Crippen LogP contribution < -0.4 is 43.4 Å². The lowest BCUT2D eigenvalue weighted by Gasteiger charge is -2.47. The summed E-state index contributed by atoms with van der Waals surface area (Å²) in [6.45, 7) is 1.98. The smallest absolute Gasteiger partial charge is 0.306 e. The molecule has 0 amide bonds. The highest BCUT2D eigenvalue weighted by Gasteiger charge is 2.53. The summed E-state index contributed by atoms with van der Waals surface area (Å²) in [6.07, 6.45) is 9.35. The summed E-state index contributed by atoms with van der Waals surface area (Å²) >= 11 is 0. The Balaban J connectivity index is 0.00000250. The van der Waals surface area contributed by atoms with Crippen LogP contribution in [0.2, 0.25) is 0 Å². The van der Waals surface area contributed by atoms with E-state index in [0.29, 0.717) is 30.6 Å². The maximum Gasteiger partial charge on any atom is 0.306 e. The maximum absolute atomic E-state index is 12.8. The van der Waals surface area contributed by atoms with Gasteiger partial charge >= 0.3 is 11.9 Å². The molecule has 0 radical (unpaired) electrons. The van der Waals surface area contributed by atoms with E-state index in [0.717, 1.165) is 59.2 Å². The molecule has 8 atom stereocenters. The number of piperidine rings is 2. The number of quaternary nitrogens is 2. The zero-order valence-corrected chi connectivity index (χ0v) is 31.5. The molecule has 10 heteroatoms. The monoisotopic (exact) mass is 778 g/mol. The molecule has 4 aliphatic heterocycles. The second-order valence-corrected chi connectivity index (χ2v) is 14.5. The van der Waals surface area contributed by atoms with E-state index in [2.05, 4.69) is 38.4 Å². The van der Waals surface area contributed by atoms with Gasteiger partial charge in [-0.25, -0.2) is 0 Å². The van der Waals surface area contributed by atoms with Gasteiger partial charge in [-0.15, -0.1) is 0 Å². The van der Waals surface area contributed by atoms with Gasteiger partial charge in [-0.1, -0.05) is 0 Å². The number of benzene rings is 2. The van der Waals surface area contributed by atoms with Gasteiger partial charge in [-0.3, -0.25) is 9.59 Å². The molecule has 4 heterocycles. The van der Waals surface area contributed by atoms with E-state index in [-0.39, 0.29) is 71.0 Å². The molecule has 4 fully saturated rings. The lowest BCUT2D eigenvalue weighted by molar-refractivity contribution is -0.961. The maximum atomic E-state index is 12.8. The van der Waals surface area contributed by atoms with E-state index in [9.17, 15) is 9.59 Å². The normalized spacial score (nSPS) is 32.0. The summed E-state index contributed by atoms with van der Waals surface area (Å²) in [5.74, 6) is 1.40. The molecule has 47 heavy (non-hydrogen) atoms. The van der Waals surface area contributed by atoms with Crippen molar-refractivity contribution in [1.82, 2.24) is 0 Å². The lowest BCUT2D eigenvalue weighted by Crippen LogP contribution is -3.00. The van der Waals surface area contributed by atoms with Crippen molar-refractivity contribution in [3.05, 3.63) is 59.7 Å². The highest BCUT2D eigenvalue weighted by Crippen LogP contribution is 2.45. The first-order valence-electron chi connectivity index (χ1n) is 17.0. The summed E-state index contributed by atoms with van der Waals surface area (Å²) < 4.78 is 24.6. The van der Waals surface area contributed by atoms with E-state index in [4.69, 9.17) is 18.9 Å². The summed E-state index contributed by atoms with van der Waals surface area (Å²) in [5, 5.41) is 0. The van der Waals surface area contributed by atoms with Crippen LogP contribution in [-0.4, -0.2) is 85.6 Å². The minimum atomic E-state index is -0.180. The topological polar surface area (TPSA) is 71.1 Å². The van der Waals surface area contributed by atoms with Gasteiger partial charge in [-0.05, 0) is 55.0 Å². The van der Waals surface area contributed by atoms with Crippen molar-refractivity contribution in [2.45, 2.75) is 120 Å². The first kappa shape index (κ1) is 37.7. The first-order chi connectivity index (χ1) is 21.7. The Morgan fingerprint density at radius 3 is 1.21 bits per heavy atom. The molecule has 0 aromatic heterocycles. The van der Waals surface area contributed by atoms with E-state index < -0.39 is 0 Å². The Morgan fingerprint density at radius 2 is 0.915 bits per heavy atom. The number of carbonyl (C=O) groups is 2. The molecule has 4 saturated heterocycles. The third kappa shape index (κ3) is 8.36. The van der Waals surface area contributed by atoms with E-state index in [1.165, 1.54) is 36.8 Å². The number of carbonyl (C=O) groups excluding carboxylic acids is 2. The molecule has 4 bridgehead atoms. The molecule has 0 spiro atoms. The molecule has 2 aromatic rings. The van der Waals surface area contributed by atoms with Crippen LogP contribution in [-0.2, 0) is 32.2 Å². The lowest BCUT2D eigenvalue weighted by atomic mass is 9.95. The van der Waals surface area contributed by atoms with Crippen molar-refractivity contribution >= 4 is 11.9 Å². The molecule has 4 unspecified atom stereocenters. The van der Waals surface area contributed by atoms with Crippen molar-refractivity contribution < 1.29 is 71.5 Å². The zero-order chi connectivity index (χ0) is 31.6. The van der Waals surface area contributed by atoms with Gasteiger partial charge in [0.25, 0.3) is 0 Å². The Labute approximate surface area is 301 Å². The van der Waals surface area contributed by atoms with Crippen molar-refractivity contribution in [2.24, 2.45) is 0 Å². The van der Waals surface area contributed by atoms with Crippen molar-refractivity contribution in [2.75, 3.05) is 28.3 Å². The molecule has 8 nitrogen and oxygen atoms in total. The number of rotatable bonds is 12. The van der Waals surface area contributed by atoms with Gasteiger partial charge in [0.1, 0.15) is 36.8 Å². The van der Waals surface area contributed by atoms with Crippen molar-refractivity contribution in [3.63, 3.8) is 0 Å². The predicted octanol–water partition coefficient (Wildman–Crippen LogP) is -0.0513. The van der Waals surface area contributed by atoms with Crippen LogP contribution in [0.5, 0.6) is 11.5 Å². The number of methoxy groups -OCH3 is 2. The number of halogens is 2. The quantitative estimate of drug-likeness (QED) is 0.223. The standard InChI is InChI=1S/C37H52N2O6.2BrH/c1-38(24-26-8-16-32(42-3)17-9-26)28-12-13-29(38)21-34(20-28)44-36(40)6-5-7-37(41)45-35-22-30-14-15-31(23-35)39(30,2)25-27-10-18-33(43-4)19-11-27;;/h8-11,16-19,28-31,34-35H,5-7,12-15,20-25H2,1-4H3;2*1H/q+2;;/p-2/t28-,29+,30-,31+,34?,35?,38?,39?;;. The third-order valence-electron chi connectivity index (χ3n) is 11.9. The highest BCUT2D eigenvalue weighted by atomic mass is 79.9. The summed E-state index contributed by atoms with van der Waals surface area (Å²) in [4.78, 5) is 25.6. The van der Waals surface area contributed by atoms with Gasteiger partial charge in [0.2, 0.25) is 0 Å².